The molecule has 1 fully saturated rings. The van der Waals surface area contributed by atoms with Gasteiger partial charge in [0.2, 0.25) is 0 Å². The van der Waals surface area contributed by atoms with Gasteiger partial charge in [-0.1, -0.05) is 13.8 Å². The summed E-state index contributed by atoms with van der Waals surface area (Å²) in [7, 11) is 0. The van der Waals surface area contributed by atoms with E-state index in [1.165, 1.54) is 0 Å². The van der Waals surface area contributed by atoms with Gasteiger partial charge < -0.3 is 0 Å². The Morgan fingerprint density at radius 3 is 2.23 bits per heavy atom. The molecule has 0 aromatic rings. The number of hydrogen-bond donors (Lipinski definition) is 0. The molecule has 1 aliphatic rings. The molecule has 0 N–H and O–H groups in total. The predicted octanol–water partition coefficient (Wildman–Crippen LogP) is 2.71. The molecule has 1 heterocycles. The average Bonchev–Trinajstić information content (AvgIpc) is 2.47. The SMILES string of the molecule is CC(C)C1C[C@H](CF)CN1C(C)C. The van der Waals surface area contributed by atoms with Crippen LogP contribution in [0.3, 0.4) is 0 Å². The van der Waals surface area contributed by atoms with Crippen LogP contribution in [0, 0.1) is 11.8 Å². The van der Waals surface area contributed by atoms with Gasteiger partial charge in [-0.3, -0.25) is 9.29 Å². The number of likely N-dealkylation sites (tertiary alicyclic amines) is 1. The van der Waals surface area contributed by atoms with Gasteiger partial charge in [0.1, 0.15) is 0 Å². The molecule has 0 radical (unpaired) electrons. The van der Waals surface area contributed by atoms with Crippen LogP contribution in [0.2, 0.25) is 0 Å². The minimum Gasteiger partial charge on any atom is -0.297 e. The third kappa shape index (κ3) is 2.43. The summed E-state index contributed by atoms with van der Waals surface area (Å²) in [4.78, 5) is 2.45. The van der Waals surface area contributed by atoms with Crippen molar-refractivity contribution in [3.05, 3.63) is 0 Å². The lowest BCUT2D eigenvalue weighted by atomic mass is 9.98. The summed E-state index contributed by atoms with van der Waals surface area (Å²) in [5.41, 5.74) is 0. The molecular formula is C11H22FN. The summed E-state index contributed by atoms with van der Waals surface area (Å²) < 4.78 is 12.5. The van der Waals surface area contributed by atoms with Crippen molar-refractivity contribution in [2.75, 3.05) is 13.2 Å². The van der Waals surface area contributed by atoms with Crippen molar-refractivity contribution < 1.29 is 4.39 Å². The number of hydrogen-bond acceptors (Lipinski definition) is 1. The molecule has 2 atom stereocenters. The zero-order valence-electron chi connectivity index (χ0n) is 9.26. The van der Waals surface area contributed by atoms with E-state index in [1.54, 1.807) is 0 Å². The highest BCUT2D eigenvalue weighted by molar-refractivity contribution is 4.88. The fourth-order valence-electron chi connectivity index (χ4n) is 2.35. The largest absolute Gasteiger partial charge is 0.297 e. The molecule has 13 heavy (non-hydrogen) atoms. The molecule has 1 aliphatic heterocycles. The van der Waals surface area contributed by atoms with Gasteiger partial charge in [0.15, 0.2) is 0 Å². The first-order chi connectivity index (χ1) is 6.06. The maximum absolute atomic E-state index is 12.5. The first-order valence-corrected chi connectivity index (χ1v) is 5.38. The van der Waals surface area contributed by atoms with Crippen LogP contribution in [0.1, 0.15) is 34.1 Å². The molecule has 0 aliphatic carbocycles. The van der Waals surface area contributed by atoms with Crippen molar-refractivity contribution in [3.63, 3.8) is 0 Å². The molecule has 0 aromatic carbocycles. The normalized spacial score (nSPS) is 30.7. The van der Waals surface area contributed by atoms with E-state index in [2.05, 4.69) is 32.6 Å². The molecule has 0 aromatic heterocycles. The van der Waals surface area contributed by atoms with Crippen molar-refractivity contribution in [1.29, 1.82) is 0 Å². The topological polar surface area (TPSA) is 3.24 Å². The highest BCUT2D eigenvalue weighted by Crippen LogP contribution is 2.30. The monoisotopic (exact) mass is 187 g/mol. The van der Waals surface area contributed by atoms with Crippen LogP contribution in [0.25, 0.3) is 0 Å². The van der Waals surface area contributed by atoms with Gasteiger partial charge >= 0.3 is 0 Å². The summed E-state index contributed by atoms with van der Waals surface area (Å²) in [6.45, 7) is 9.69. The van der Waals surface area contributed by atoms with E-state index in [9.17, 15) is 4.39 Å². The zero-order chi connectivity index (χ0) is 10.0. The molecule has 1 nitrogen and oxygen atoms in total. The van der Waals surface area contributed by atoms with Crippen LogP contribution in [-0.2, 0) is 0 Å². The second-order valence-electron chi connectivity index (χ2n) is 4.86. The number of alkyl halides is 1. The first-order valence-electron chi connectivity index (χ1n) is 5.38. The van der Waals surface area contributed by atoms with Crippen molar-refractivity contribution in [1.82, 2.24) is 4.90 Å². The van der Waals surface area contributed by atoms with Crippen molar-refractivity contribution in [3.8, 4) is 0 Å². The highest BCUT2D eigenvalue weighted by atomic mass is 19.1. The fourth-order valence-corrected chi connectivity index (χ4v) is 2.35. The third-order valence-electron chi connectivity index (χ3n) is 3.12. The molecule has 2 heteroatoms. The minimum atomic E-state index is -0.146. The Hall–Kier alpha value is -0.110. The maximum Gasteiger partial charge on any atom is 0.0935 e. The Kier molecular flexibility index (Phi) is 3.72. The van der Waals surface area contributed by atoms with Crippen molar-refractivity contribution in [2.24, 2.45) is 11.8 Å². The Bertz CT molecular complexity index is 140. The number of rotatable bonds is 3. The third-order valence-corrected chi connectivity index (χ3v) is 3.12. The lowest BCUT2D eigenvalue weighted by Gasteiger charge is -2.30. The molecule has 0 saturated carbocycles. The van der Waals surface area contributed by atoms with E-state index in [0.717, 1.165) is 13.0 Å². The van der Waals surface area contributed by atoms with E-state index >= 15 is 0 Å². The molecular weight excluding hydrogens is 165 g/mol. The summed E-state index contributed by atoms with van der Waals surface area (Å²) in [6.07, 6.45) is 1.05. The van der Waals surface area contributed by atoms with Crippen LogP contribution >= 0.6 is 0 Å². The summed E-state index contributed by atoms with van der Waals surface area (Å²) >= 11 is 0. The lowest BCUT2D eigenvalue weighted by Crippen LogP contribution is -2.38. The molecule has 0 amide bonds. The van der Waals surface area contributed by atoms with Crippen LogP contribution in [-0.4, -0.2) is 30.2 Å². The maximum atomic E-state index is 12.5. The molecule has 1 saturated heterocycles. The van der Waals surface area contributed by atoms with Gasteiger partial charge in [0, 0.05) is 24.5 Å². The van der Waals surface area contributed by atoms with E-state index in [1.807, 2.05) is 0 Å². The van der Waals surface area contributed by atoms with Gasteiger partial charge in [-0.15, -0.1) is 0 Å². The van der Waals surface area contributed by atoms with Gasteiger partial charge in [-0.05, 0) is 26.2 Å². The van der Waals surface area contributed by atoms with E-state index < -0.39 is 0 Å². The summed E-state index contributed by atoms with van der Waals surface area (Å²) in [6, 6.07) is 1.16. The van der Waals surface area contributed by atoms with Crippen molar-refractivity contribution >= 4 is 0 Å². The van der Waals surface area contributed by atoms with Crippen LogP contribution in [0.15, 0.2) is 0 Å². The molecule has 0 bridgehead atoms. The number of nitrogens with zero attached hydrogens (tertiary/aromatic N) is 1. The molecule has 0 spiro atoms. The van der Waals surface area contributed by atoms with E-state index in [4.69, 9.17) is 0 Å². The molecule has 1 unspecified atom stereocenters. The zero-order valence-corrected chi connectivity index (χ0v) is 9.26. The van der Waals surface area contributed by atoms with E-state index in [0.29, 0.717) is 18.0 Å². The Morgan fingerprint density at radius 2 is 1.92 bits per heavy atom. The van der Waals surface area contributed by atoms with Crippen molar-refractivity contribution in [2.45, 2.75) is 46.2 Å². The smallest absolute Gasteiger partial charge is 0.0935 e. The number of halogens is 1. The predicted molar refractivity (Wildman–Crippen MR) is 54.6 cm³/mol. The Labute approximate surface area is 81.3 Å². The second kappa shape index (κ2) is 4.41. The molecule has 78 valence electrons. The van der Waals surface area contributed by atoms with E-state index in [-0.39, 0.29) is 12.6 Å². The Morgan fingerprint density at radius 1 is 1.31 bits per heavy atom. The summed E-state index contributed by atoms with van der Waals surface area (Å²) in [5, 5.41) is 0. The van der Waals surface area contributed by atoms with Gasteiger partial charge in [0.25, 0.3) is 0 Å². The van der Waals surface area contributed by atoms with Gasteiger partial charge in [-0.2, -0.15) is 0 Å². The quantitative estimate of drug-likeness (QED) is 0.656. The molecule has 1 rings (SSSR count). The van der Waals surface area contributed by atoms with Crippen LogP contribution in [0.4, 0.5) is 4.39 Å². The average molecular weight is 187 g/mol. The van der Waals surface area contributed by atoms with Gasteiger partial charge in [0.05, 0.1) is 6.67 Å². The Balaban J connectivity index is 2.60. The minimum absolute atomic E-state index is 0.146. The lowest BCUT2D eigenvalue weighted by molar-refractivity contribution is 0.163. The van der Waals surface area contributed by atoms with Crippen LogP contribution in [0.5, 0.6) is 0 Å². The first kappa shape index (κ1) is 11.0. The standard InChI is InChI=1S/C11H22FN/c1-8(2)11-5-10(6-12)7-13(11)9(3)4/h8-11H,5-7H2,1-4H3/t10-,11?/m1/s1. The highest BCUT2D eigenvalue weighted by Gasteiger charge is 2.34. The fraction of sp³-hybridized carbons (Fsp3) is 1.00. The second-order valence-corrected chi connectivity index (χ2v) is 4.86. The van der Waals surface area contributed by atoms with Crippen LogP contribution < -0.4 is 0 Å². The van der Waals surface area contributed by atoms with Gasteiger partial charge in [-0.25, -0.2) is 0 Å². The summed E-state index contributed by atoms with van der Waals surface area (Å²) in [5.74, 6) is 0.939.